The van der Waals surface area contributed by atoms with Crippen LogP contribution in [0.2, 0.25) is 0 Å². The van der Waals surface area contributed by atoms with Gasteiger partial charge in [0.1, 0.15) is 0 Å². The normalized spacial score (nSPS) is 10.9. The predicted molar refractivity (Wildman–Crippen MR) is 77.5 cm³/mol. The minimum Gasteiger partial charge on any atom is -0.347 e. The first-order valence-electron chi connectivity index (χ1n) is 5.68. The van der Waals surface area contributed by atoms with E-state index in [-0.39, 0.29) is 11.9 Å². The van der Waals surface area contributed by atoms with E-state index in [9.17, 15) is 4.39 Å². The highest BCUT2D eigenvalue weighted by Crippen LogP contribution is 2.24. The van der Waals surface area contributed by atoms with Gasteiger partial charge in [-0.05, 0) is 47.3 Å². The van der Waals surface area contributed by atoms with E-state index in [4.69, 9.17) is 0 Å². The Morgan fingerprint density at radius 1 is 1.50 bits per heavy atom. The van der Waals surface area contributed by atoms with Crippen molar-refractivity contribution in [2.24, 2.45) is 0 Å². The van der Waals surface area contributed by atoms with E-state index in [1.807, 2.05) is 30.2 Å². The van der Waals surface area contributed by atoms with Crippen LogP contribution in [0.1, 0.15) is 18.7 Å². The van der Waals surface area contributed by atoms with Gasteiger partial charge in [-0.2, -0.15) is 0 Å². The van der Waals surface area contributed by atoms with E-state index in [0.717, 1.165) is 0 Å². The van der Waals surface area contributed by atoms with E-state index in [1.165, 1.54) is 10.9 Å². The predicted octanol–water partition coefficient (Wildman–Crippen LogP) is 4.46. The molecule has 2 nitrogen and oxygen atoms in total. The molecule has 5 heteroatoms. The number of rotatable bonds is 4. The van der Waals surface area contributed by atoms with Crippen molar-refractivity contribution in [2.45, 2.75) is 26.4 Å². The highest BCUT2D eigenvalue weighted by molar-refractivity contribution is 9.10. The second-order valence-electron chi connectivity index (χ2n) is 4.26. The fourth-order valence-electron chi connectivity index (χ4n) is 1.69. The van der Waals surface area contributed by atoms with Crippen molar-refractivity contribution in [1.29, 1.82) is 0 Å². The molecule has 0 aliphatic carbocycles. The maximum atomic E-state index is 14.0. The number of nitrogens with zero attached hydrogens (tertiary/aromatic N) is 2. The van der Waals surface area contributed by atoms with Crippen molar-refractivity contribution in [1.82, 2.24) is 4.98 Å². The third kappa shape index (κ3) is 3.09. The van der Waals surface area contributed by atoms with Crippen molar-refractivity contribution in [3.8, 4) is 0 Å². The summed E-state index contributed by atoms with van der Waals surface area (Å²) in [4.78, 5) is 7.36. The molecule has 96 valence electrons. The highest BCUT2D eigenvalue weighted by atomic mass is 79.9. The molecular weight excluding hydrogens is 315 g/mol. The number of thiophene rings is 1. The van der Waals surface area contributed by atoms with Gasteiger partial charge in [0.05, 0.1) is 6.54 Å². The summed E-state index contributed by atoms with van der Waals surface area (Å²) in [6.07, 6.45) is 1.63. The van der Waals surface area contributed by atoms with Gasteiger partial charge >= 0.3 is 0 Å². The van der Waals surface area contributed by atoms with Gasteiger partial charge < -0.3 is 4.90 Å². The van der Waals surface area contributed by atoms with Crippen LogP contribution in [0.15, 0.2) is 34.2 Å². The Morgan fingerprint density at radius 3 is 2.83 bits per heavy atom. The zero-order valence-electron chi connectivity index (χ0n) is 10.2. The number of anilines is 1. The molecule has 0 radical (unpaired) electrons. The van der Waals surface area contributed by atoms with Crippen LogP contribution in [0.3, 0.4) is 0 Å². The van der Waals surface area contributed by atoms with Crippen LogP contribution in [-0.2, 0) is 6.54 Å². The summed E-state index contributed by atoms with van der Waals surface area (Å²) in [5.74, 6) is 0.108. The Kier molecular flexibility index (Phi) is 4.35. The van der Waals surface area contributed by atoms with Gasteiger partial charge in [0.15, 0.2) is 11.6 Å². The number of pyridine rings is 1. The molecule has 2 aromatic heterocycles. The molecule has 0 saturated carbocycles. The van der Waals surface area contributed by atoms with E-state index < -0.39 is 0 Å². The van der Waals surface area contributed by atoms with Gasteiger partial charge in [0.2, 0.25) is 0 Å². The molecule has 0 aliphatic heterocycles. The van der Waals surface area contributed by atoms with Gasteiger partial charge in [-0.3, -0.25) is 0 Å². The fourth-order valence-corrected chi connectivity index (χ4v) is 2.70. The Morgan fingerprint density at radius 2 is 2.28 bits per heavy atom. The minimum absolute atomic E-state index is 0.190. The Bertz CT molecular complexity index is 514. The lowest BCUT2D eigenvalue weighted by molar-refractivity contribution is 0.588. The summed E-state index contributed by atoms with van der Waals surface area (Å²) in [6, 6.07) is 5.70. The molecule has 0 atom stereocenters. The molecule has 0 fully saturated rings. The van der Waals surface area contributed by atoms with Crippen LogP contribution in [0.25, 0.3) is 0 Å². The number of halogens is 2. The van der Waals surface area contributed by atoms with Crippen LogP contribution in [-0.4, -0.2) is 11.0 Å². The van der Waals surface area contributed by atoms with Crippen LogP contribution in [0.4, 0.5) is 10.2 Å². The second-order valence-corrected chi connectivity index (χ2v) is 6.21. The Balaban J connectivity index is 2.29. The molecule has 0 bridgehead atoms. The molecule has 18 heavy (non-hydrogen) atoms. The molecule has 0 saturated heterocycles. The standard InChI is InChI=1S/C13H14BrFN2S/c1-9(2)17(8-11-4-3-5-18-11)13-12(15)6-10(14)7-16-13/h3-7,9H,8H2,1-2H3. The monoisotopic (exact) mass is 328 g/mol. The average Bonchev–Trinajstić information content (AvgIpc) is 2.79. The molecule has 0 aliphatic rings. The molecule has 2 rings (SSSR count). The summed E-state index contributed by atoms with van der Waals surface area (Å²) in [5, 5.41) is 2.03. The van der Waals surface area contributed by atoms with Gasteiger partial charge in [-0.15, -0.1) is 11.3 Å². The van der Waals surface area contributed by atoms with Gasteiger partial charge in [-0.1, -0.05) is 6.07 Å². The molecule has 2 aromatic rings. The first kappa shape index (κ1) is 13.5. The maximum absolute atomic E-state index is 14.0. The zero-order chi connectivity index (χ0) is 13.1. The fraction of sp³-hybridized carbons (Fsp3) is 0.308. The van der Waals surface area contributed by atoms with E-state index >= 15 is 0 Å². The lowest BCUT2D eigenvalue weighted by atomic mass is 10.2. The smallest absolute Gasteiger partial charge is 0.166 e. The molecule has 2 heterocycles. The lowest BCUT2D eigenvalue weighted by Gasteiger charge is -2.27. The SMILES string of the molecule is CC(C)N(Cc1cccs1)c1ncc(Br)cc1F. The van der Waals surface area contributed by atoms with Crippen LogP contribution >= 0.6 is 27.3 Å². The molecule has 0 aromatic carbocycles. The first-order valence-corrected chi connectivity index (χ1v) is 7.35. The second kappa shape index (κ2) is 5.80. The van der Waals surface area contributed by atoms with Crippen molar-refractivity contribution in [2.75, 3.05) is 4.90 Å². The van der Waals surface area contributed by atoms with Crippen LogP contribution < -0.4 is 4.90 Å². The third-order valence-corrected chi connectivity index (χ3v) is 3.88. The van der Waals surface area contributed by atoms with Crippen molar-refractivity contribution < 1.29 is 4.39 Å². The van der Waals surface area contributed by atoms with Gasteiger partial charge in [-0.25, -0.2) is 9.37 Å². The quantitative estimate of drug-likeness (QED) is 0.823. The van der Waals surface area contributed by atoms with E-state index in [0.29, 0.717) is 16.8 Å². The molecule has 0 unspecified atom stereocenters. The summed E-state index contributed by atoms with van der Waals surface area (Å²) in [5.41, 5.74) is 0. The third-order valence-electron chi connectivity index (χ3n) is 2.59. The van der Waals surface area contributed by atoms with E-state index in [2.05, 4.69) is 27.0 Å². The van der Waals surface area contributed by atoms with Crippen LogP contribution in [0, 0.1) is 5.82 Å². The molecule has 0 amide bonds. The number of hydrogen-bond donors (Lipinski definition) is 0. The summed E-state index contributed by atoms with van der Waals surface area (Å²) in [6.45, 7) is 4.76. The Labute approximate surface area is 119 Å². The zero-order valence-corrected chi connectivity index (χ0v) is 12.6. The van der Waals surface area contributed by atoms with Gasteiger partial charge in [0.25, 0.3) is 0 Å². The lowest BCUT2D eigenvalue weighted by Crippen LogP contribution is -2.31. The highest BCUT2D eigenvalue weighted by Gasteiger charge is 2.17. The molecule has 0 spiro atoms. The summed E-state index contributed by atoms with van der Waals surface area (Å²) < 4.78 is 14.6. The number of aromatic nitrogens is 1. The topological polar surface area (TPSA) is 16.1 Å². The Hall–Kier alpha value is -0.940. The largest absolute Gasteiger partial charge is 0.347 e. The van der Waals surface area contributed by atoms with Crippen molar-refractivity contribution in [3.05, 3.63) is 44.9 Å². The van der Waals surface area contributed by atoms with Crippen molar-refractivity contribution in [3.63, 3.8) is 0 Å². The van der Waals surface area contributed by atoms with Gasteiger partial charge in [0, 0.05) is 21.6 Å². The summed E-state index contributed by atoms with van der Waals surface area (Å²) in [7, 11) is 0. The van der Waals surface area contributed by atoms with Crippen molar-refractivity contribution >= 4 is 33.1 Å². The maximum Gasteiger partial charge on any atom is 0.166 e. The number of hydrogen-bond acceptors (Lipinski definition) is 3. The molecular formula is C13H14BrFN2S. The van der Waals surface area contributed by atoms with Crippen LogP contribution in [0.5, 0.6) is 0 Å². The average molecular weight is 329 g/mol. The first-order chi connectivity index (χ1) is 8.58. The minimum atomic E-state index is -0.297. The molecule has 0 N–H and O–H groups in total. The van der Waals surface area contributed by atoms with E-state index in [1.54, 1.807) is 17.5 Å². The summed E-state index contributed by atoms with van der Waals surface area (Å²) >= 11 is 4.90.